The Kier molecular flexibility index (Phi) is 6.33. The van der Waals surface area contributed by atoms with E-state index in [-0.39, 0.29) is 73.8 Å². The van der Waals surface area contributed by atoms with Gasteiger partial charge in [0.25, 0.3) is 0 Å². The van der Waals surface area contributed by atoms with Crippen molar-refractivity contribution < 1.29 is 15.1 Å². The van der Waals surface area contributed by atoms with Gasteiger partial charge in [0.2, 0.25) is 11.9 Å². The maximum atomic E-state index is 10.5. The van der Waals surface area contributed by atoms with Crippen molar-refractivity contribution in [2.45, 2.75) is 0 Å². The van der Waals surface area contributed by atoms with Crippen molar-refractivity contribution in [3.63, 3.8) is 0 Å². The Balaban J connectivity index is 1.17. The van der Waals surface area contributed by atoms with Crippen molar-refractivity contribution in [2.75, 3.05) is 0 Å². The first-order chi connectivity index (χ1) is 40.8. The van der Waals surface area contributed by atoms with Gasteiger partial charge in [0.05, 0.1) is 87.8 Å². The predicted octanol–water partition coefficient (Wildman–Crippen LogP) is 16.2. The van der Waals surface area contributed by atoms with Crippen LogP contribution in [0.1, 0.15) is 20.6 Å². The van der Waals surface area contributed by atoms with E-state index in [1.54, 1.807) is 52.3 Å². The van der Waals surface area contributed by atoms with Crippen molar-refractivity contribution >= 4 is 119 Å². The number of para-hydroxylation sites is 6. The van der Waals surface area contributed by atoms with Crippen LogP contribution in [0.5, 0.6) is 0 Å². The van der Waals surface area contributed by atoms with Crippen LogP contribution in [-0.2, 0) is 0 Å². The Morgan fingerprint density at radius 1 is 0.397 bits per heavy atom. The molecule has 73 heavy (non-hydrogen) atoms. The molecule has 0 N–H and O–H groups in total. The van der Waals surface area contributed by atoms with E-state index >= 15 is 0 Å². The summed E-state index contributed by atoms with van der Waals surface area (Å²) in [6, 6.07) is 45.3. The molecule has 0 bridgehead atoms. The number of hydrogen-bond donors (Lipinski definition) is 0. The molecule has 0 saturated heterocycles. The Morgan fingerprint density at radius 2 is 0.904 bits per heavy atom. The zero-order valence-corrected chi connectivity index (χ0v) is 38.7. The third-order valence-corrected chi connectivity index (χ3v) is 15.2. The normalized spacial score (nSPS) is 14.2. The van der Waals surface area contributed by atoms with E-state index in [0.29, 0.717) is 16.6 Å². The van der Waals surface area contributed by atoms with E-state index in [1.165, 1.54) is 4.57 Å². The van der Waals surface area contributed by atoms with Crippen LogP contribution >= 0.6 is 11.3 Å². The molecule has 10 aromatic carbocycles. The number of benzene rings is 10. The minimum atomic E-state index is -0.598. The minimum absolute atomic E-state index is 0.0179. The molecule has 0 fully saturated rings. The van der Waals surface area contributed by atoms with Gasteiger partial charge in [-0.3, -0.25) is 9.13 Å². The molecule has 0 aliphatic rings. The second-order valence-corrected chi connectivity index (χ2v) is 18.9. The molecular formula is C64H36N8S. The molecule has 0 atom stereocenters. The Bertz CT molecular complexity index is 5700. The maximum absolute atomic E-state index is 10.5. The molecule has 0 amide bonds. The molecule has 6 aromatic heterocycles. The van der Waals surface area contributed by atoms with Crippen LogP contribution < -0.4 is 0 Å². The third-order valence-electron chi connectivity index (χ3n) is 14.1. The summed E-state index contributed by atoms with van der Waals surface area (Å²) in [6.07, 6.45) is 0. The average molecular weight is 960 g/mol. The van der Waals surface area contributed by atoms with Crippen LogP contribution in [0, 0.1) is 11.3 Å². The van der Waals surface area contributed by atoms with E-state index in [2.05, 4.69) is 34.9 Å². The molecule has 0 unspecified atom stereocenters. The maximum Gasteiger partial charge on any atom is 0.240 e. The first-order valence-electron chi connectivity index (χ1n) is 28.9. The van der Waals surface area contributed by atoms with Crippen LogP contribution in [0.4, 0.5) is 0 Å². The molecule has 16 rings (SSSR count). The largest absolute Gasteiger partial charge is 0.308 e. The second-order valence-electron chi connectivity index (χ2n) is 17.8. The average Bonchev–Trinajstić information content (AvgIpc) is 1.63. The zero-order chi connectivity index (χ0) is 57.5. The van der Waals surface area contributed by atoms with Crippen LogP contribution in [0.25, 0.3) is 142 Å². The molecule has 0 saturated carbocycles. The highest BCUT2D eigenvalue weighted by Gasteiger charge is 2.28. The van der Waals surface area contributed by atoms with Gasteiger partial charge in [0.1, 0.15) is 0 Å². The summed E-state index contributed by atoms with van der Waals surface area (Å²) in [5, 5.41) is 16.5. The van der Waals surface area contributed by atoms with Gasteiger partial charge in [0.15, 0.2) is 5.82 Å². The number of hydrogen-bond acceptors (Lipinski definition) is 5. The third kappa shape index (κ3) is 5.55. The van der Waals surface area contributed by atoms with Gasteiger partial charge >= 0.3 is 0 Å². The van der Waals surface area contributed by atoms with Gasteiger partial charge in [-0.1, -0.05) is 139 Å². The smallest absolute Gasteiger partial charge is 0.240 e. The molecule has 338 valence electrons. The lowest BCUT2D eigenvalue weighted by Gasteiger charge is -2.20. The fraction of sp³-hybridized carbons (Fsp3) is 0. The van der Waals surface area contributed by atoms with Gasteiger partial charge in [-0.25, -0.2) is 0 Å². The van der Waals surface area contributed by atoms with Gasteiger partial charge in [-0.15, -0.1) is 11.3 Å². The monoisotopic (exact) mass is 959 g/mol. The summed E-state index contributed by atoms with van der Waals surface area (Å²) in [5.74, 6) is 0.0307. The summed E-state index contributed by atoms with van der Waals surface area (Å²) in [7, 11) is 0. The van der Waals surface area contributed by atoms with Crippen LogP contribution in [-0.4, -0.2) is 33.2 Å². The number of thiophene rings is 1. The highest BCUT2D eigenvalue weighted by Crippen LogP contribution is 2.46. The molecular weight excluding hydrogens is 913 g/mol. The fourth-order valence-corrected chi connectivity index (χ4v) is 12.2. The highest BCUT2D eigenvalue weighted by molar-refractivity contribution is 7.26. The Hall–Kier alpha value is -9.88. The molecule has 9 heteroatoms. The SMILES string of the molecule is [2H]c1c([2H])c([2H])c2c(c1[2H])c1ccccc1n2-c1nc(-c2c(-n3c4c([2H])c([2H])c([2H])c([2H])c4c4c([2H])c(C#N)c([2H])c([2H])c43)cccc2-n2c3ccccc3c3ccc4sc5ccccc5c4c32)nc(-n2c3ccccc3c3ccccc32)n1. The van der Waals surface area contributed by atoms with Gasteiger partial charge in [-0.05, 0) is 78.7 Å². The first kappa shape index (κ1) is 30.7. The minimum Gasteiger partial charge on any atom is -0.308 e. The van der Waals surface area contributed by atoms with Crippen molar-refractivity contribution in [2.24, 2.45) is 0 Å². The van der Waals surface area contributed by atoms with Gasteiger partial charge in [0, 0.05) is 63.3 Å². The second kappa shape index (κ2) is 15.1. The lowest BCUT2D eigenvalue weighted by molar-refractivity contribution is 0.891. The highest BCUT2D eigenvalue weighted by atomic mass is 32.1. The van der Waals surface area contributed by atoms with Crippen molar-refractivity contribution in [1.29, 1.82) is 5.26 Å². The van der Waals surface area contributed by atoms with Gasteiger partial charge in [-0.2, -0.15) is 20.2 Å². The quantitative estimate of drug-likeness (QED) is 0.172. The van der Waals surface area contributed by atoms with E-state index < -0.39 is 59.9 Å². The topological polar surface area (TPSA) is 82.2 Å². The van der Waals surface area contributed by atoms with Crippen LogP contribution in [0.15, 0.2) is 218 Å². The Labute approximate surface area is 435 Å². The summed E-state index contributed by atoms with van der Waals surface area (Å²) in [6.45, 7) is 0. The van der Waals surface area contributed by atoms with Crippen molar-refractivity contribution in [3.05, 3.63) is 224 Å². The van der Waals surface area contributed by atoms with E-state index in [9.17, 15) is 14.9 Å². The molecule has 0 aliphatic heterocycles. The zero-order valence-electron chi connectivity index (χ0n) is 48.9. The molecule has 6 heterocycles. The number of rotatable bonds is 5. The number of nitrogens with zero attached hydrogens (tertiary/aromatic N) is 8. The first-order valence-corrected chi connectivity index (χ1v) is 24.3. The molecule has 0 aliphatic carbocycles. The number of nitriles is 1. The predicted molar refractivity (Wildman–Crippen MR) is 300 cm³/mol. The number of fused-ring (bicyclic) bond motifs is 16. The summed E-state index contributed by atoms with van der Waals surface area (Å²) in [5.41, 5.74) is 3.78. The lowest BCUT2D eigenvalue weighted by Crippen LogP contribution is -2.12. The van der Waals surface area contributed by atoms with E-state index in [0.717, 1.165) is 63.8 Å². The Morgan fingerprint density at radius 3 is 1.56 bits per heavy atom. The van der Waals surface area contributed by atoms with Crippen molar-refractivity contribution in [3.8, 4) is 40.7 Å². The van der Waals surface area contributed by atoms with E-state index in [4.69, 9.17) is 20.4 Å². The standard InChI is InChI=1S/C64H36N8S/c65-37-38-32-34-54-47(36-38)44-21-6-8-23-48(44)69(54)55-29-15-30-56(70-49-24-9-5-20-43(49)45-33-35-58-59(61(45)70)46-22-7-14-31-57(46)73-58)60(55)62-66-63(71-50-25-10-1-16-39(50)40-17-2-11-26-51(40)71)68-64(67-62)72-52-27-12-3-18-41(52)42-19-4-13-28-53(42)72/h1-36H/i1D,6D,8D,10D,16D,21D,23D,25D,32D,34D,36D. The van der Waals surface area contributed by atoms with Crippen molar-refractivity contribution in [1.82, 2.24) is 33.2 Å². The summed E-state index contributed by atoms with van der Waals surface area (Å²) < 4.78 is 112. The summed E-state index contributed by atoms with van der Waals surface area (Å²) in [4.78, 5) is 16.4. The fourth-order valence-electron chi connectivity index (χ4n) is 11.1. The molecule has 0 radical (unpaired) electrons. The van der Waals surface area contributed by atoms with Gasteiger partial charge < -0.3 is 9.13 Å². The molecule has 0 spiro atoms. The molecule has 8 nitrogen and oxygen atoms in total. The summed E-state index contributed by atoms with van der Waals surface area (Å²) >= 11 is 1.66. The molecule has 16 aromatic rings. The van der Waals surface area contributed by atoms with Crippen LogP contribution in [0.2, 0.25) is 0 Å². The lowest BCUT2D eigenvalue weighted by atomic mass is 10.1. The van der Waals surface area contributed by atoms with Crippen LogP contribution in [0.3, 0.4) is 0 Å². The number of aromatic nitrogens is 7. The van der Waals surface area contributed by atoms with E-state index in [1.807, 2.05) is 95.6 Å².